The maximum absolute atomic E-state index is 12.5. The maximum atomic E-state index is 12.5. The highest BCUT2D eigenvalue weighted by atomic mass is 16.5. The van der Waals surface area contributed by atoms with E-state index in [9.17, 15) is 9.59 Å². The van der Waals surface area contributed by atoms with E-state index in [-0.39, 0.29) is 29.8 Å². The lowest BCUT2D eigenvalue weighted by Crippen LogP contribution is -2.49. The van der Waals surface area contributed by atoms with Crippen LogP contribution in [0.4, 0.5) is 4.79 Å². The number of carbonyl (C=O) groups excluding carboxylic acids is 2. The second kappa shape index (κ2) is 7.84. The molecule has 1 aliphatic carbocycles. The highest BCUT2D eigenvalue weighted by Gasteiger charge is 2.30. The first-order chi connectivity index (χ1) is 12.1. The number of nitrogens with one attached hydrogen (secondary N) is 2. The number of piperidine rings is 1. The summed E-state index contributed by atoms with van der Waals surface area (Å²) in [6, 6.07) is 0.174. The van der Waals surface area contributed by atoms with E-state index >= 15 is 0 Å². The molecule has 1 aromatic rings. The number of hydrogen-bond donors (Lipinski definition) is 2. The zero-order chi connectivity index (χ0) is 17.8. The summed E-state index contributed by atoms with van der Waals surface area (Å²) in [5, 5.41) is 9.68. The van der Waals surface area contributed by atoms with Crippen molar-refractivity contribution in [2.24, 2.45) is 5.92 Å². The molecule has 2 aliphatic rings. The normalized spacial score (nSPS) is 24.8. The van der Waals surface area contributed by atoms with Gasteiger partial charge in [0.05, 0.1) is 0 Å². The van der Waals surface area contributed by atoms with Gasteiger partial charge in [-0.15, -0.1) is 0 Å². The molecule has 8 heteroatoms. The lowest BCUT2D eigenvalue weighted by Gasteiger charge is -2.33. The largest absolute Gasteiger partial charge is 0.359 e. The highest BCUT2D eigenvalue weighted by molar-refractivity contribution is 5.78. The van der Waals surface area contributed by atoms with Crippen molar-refractivity contribution in [3.63, 3.8) is 0 Å². The minimum atomic E-state index is 0.00329. The quantitative estimate of drug-likeness (QED) is 0.863. The molecule has 3 rings (SSSR count). The number of likely N-dealkylation sites (tertiary alicyclic amines) is 1. The minimum absolute atomic E-state index is 0.00329. The van der Waals surface area contributed by atoms with Gasteiger partial charge in [0.2, 0.25) is 11.8 Å². The predicted molar refractivity (Wildman–Crippen MR) is 90.9 cm³/mol. The van der Waals surface area contributed by atoms with E-state index < -0.39 is 0 Å². The fraction of sp³-hybridized carbons (Fsp3) is 0.765. The molecule has 0 unspecified atom stereocenters. The number of hydrogen-bond acceptors (Lipinski definition) is 5. The van der Waals surface area contributed by atoms with Gasteiger partial charge in [-0.3, -0.25) is 4.79 Å². The van der Waals surface area contributed by atoms with Crippen LogP contribution in [0.25, 0.3) is 0 Å². The molecule has 138 valence electrons. The number of urea groups is 1. The lowest BCUT2D eigenvalue weighted by molar-refractivity contribution is -0.125. The summed E-state index contributed by atoms with van der Waals surface area (Å²) in [4.78, 5) is 30.3. The Hall–Kier alpha value is -2.12. The first-order valence-electron chi connectivity index (χ1n) is 9.14. The third kappa shape index (κ3) is 4.29. The van der Waals surface area contributed by atoms with Gasteiger partial charge in [0.25, 0.3) is 0 Å². The lowest BCUT2D eigenvalue weighted by atomic mass is 9.85. The molecule has 25 heavy (non-hydrogen) atoms. The third-order valence-electron chi connectivity index (χ3n) is 5.35. The Morgan fingerprint density at radius 2 is 1.80 bits per heavy atom. The average molecular weight is 349 g/mol. The van der Waals surface area contributed by atoms with E-state index in [2.05, 4.69) is 20.8 Å². The average Bonchev–Trinajstić information content (AvgIpc) is 3.08. The van der Waals surface area contributed by atoms with Crippen molar-refractivity contribution < 1.29 is 14.1 Å². The second-order valence-corrected chi connectivity index (χ2v) is 7.05. The van der Waals surface area contributed by atoms with Gasteiger partial charge in [-0.1, -0.05) is 5.16 Å². The van der Waals surface area contributed by atoms with Gasteiger partial charge in [0.1, 0.15) is 0 Å². The van der Waals surface area contributed by atoms with Crippen LogP contribution in [-0.4, -0.2) is 53.2 Å². The maximum Gasteiger partial charge on any atom is 0.317 e. The molecule has 0 radical (unpaired) electrons. The second-order valence-electron chi connectivity index (χ2n) is 7.05. The Kier molecular flexibility index (Phi) is 5.55. The van der Waals surface area contributed by atoms with E-state index in [1.54, 1.807) is 7.05 Å². The Morgan fingerprint density at radius 1 is 1.12 bits per heavy atom. The van der Waals surface area contributed by atoms with Crippen molar-refractivity contribution in [2.45, 2.75) is 57.4 Å². The molecule has 0 atom stereocenters. The molecular weight excluding hydrogens is 322 g/mol. The van der Waals surface area contributed by atoms with Gasteiger partial charge in [-0.2, -0.15) is 4.98 Å². The molecule has 0 aromatic carbocycles. The Labute approximate surface area is 147 Å². The highest BCUT2D eigenvalue weighted by Crippen LogP contribution is 2.28. The SMILES string of the molecule is CNC(=O)C1CCC(NC(=O)N2CCC(c3nc(C)no3)CC2)CC1. The van der Waals surface area contributed by atoms with Crippen LogP contribution in [0.5, 0.6) is 0 Å². The van der Waals surface area contributed by atoms with E-state index in [1.807, 2.05) is 11.8 Å². The molecular formula is C17H27N5O3. The van der Waals surface area contributed by atoms with Crippen LogP contribution in [0.1, 0.15) is 56.2 Å². The molecule has 2 fully saturated rings. The van der Waals surface area contributed by atoms with Crippen LogP contribution in [0.2, 0.25) is 0 Å². The van der Waals surface area contributed by atoms with E-state index in [0.717, 1.165) is 38.5 Å². The zero-order valence-electron chi connectivity index (χ0n) is 15.0. The number of nitrogens with zero attached hydrogens (tertiary/aromatic N) is 3. The molecule has 2 N–H and O–H groups in total. The fourth-order valence-corrected chi connectivity index (χ4v) is 3.78. The predicted octanol–water partition coefficient (Wildman–Crippen LogP) is 1.57. The summed E-state index contributed by atoms with van der Waals surface area (Å²) in [6.07, 6.45) is 5.09. The molecule has 8 nitrogen and oxygen atoms in total. The Bertz CT molecular complexity index is 601. The van der Waals surface area contributed by atoms with Gasteiger partial charge in [-0.25, -0.2) is 4.79 Å². The fourth-order valence-electron chi connectivity index (χ4n) is 3.78. The summed E-state index contributed by atoms with van der Waals surface area (Å²) in [7, 11) is 1.68. The third-order valence-corrected chi connectivity index (χ3v) is 5.35. The van der Waals surface area contributed by atoms with Gasteiger partial charge >= 0.3 is 6.03 Å². The van der Waals surface area contributed by atoms with E-state index in [0.29, 0.717) is 24.8 Å². The molecule has 1 saturated carbocycles. The summed E-state index contributed by atoms with van der Waals surface area (Å²) in [5.41, 5.74) is 0. The Morgan fingerprint density at radius 3 is 2.36 bits per heavy atom. The summed E-state index contributed by atoms with van der Waals surface area (Å²) in [5.74, 6) is 1.79. The van der Waals surface area contributed by atoms with Crippen LogP contribution in [-0.2, 0) is 4.79 Å². The number of rotatable bonds is 3. The summed E-state index contributed by atoms with van der Waals surface area (Å²) >= 11 is 0. The van der Waals surface area contributed by atoms with Crippen LogP contribution in [0.15, 0.2) is 4.52 Å². The first-order valence-corrected chi connectivity index (χ1v) is 9.14. The smallest absolute Gasteiger partial charge is 0.317 e. The van der Waals surface area contributed by atoms with Crippen LogP contribution in [0, 0.1) is 12.8 Å². The summed E-state index contributed by atoms with van der Waals surface area (Å²) in [6.45, 7) is 3.21. The molecule has 0 spiro atoms. The summed E-state index contributed by atoms with van der Waals surface area (Å²) < 4.78 is 5.25. The number of aromatic nitrogens is 2. The van der Waals surface area contributed by atoms with Crippen molar-refractivity contribution in [1.29, 1.82) is 0 Å². The number of aryl methyl sites for hydroxylation is 1. The van der Waals surface area contributed by atoms with Crippen molar-refractivity contribution >= 4 is 11.9 Å². The van der Waals surface area contributed by atoms with Crippen molar-refractivity contribution in [1.82, 2.24) is 25.7 Å². The molecule has 3 amide bonds. The van der Waals surface area contributed by atoms with Crippen LogP contribution >= 0.6 is 0 Å². The van der Waals surface area contributed by atoms with Gasteiger partial charge in [0.15, 0.2) is 5.82 Å². The number of amides is 3. The minimum Gasteiger partial charge on any atom is -0.359 e. The van der Waals surface area contributed by atoms with E-state index in [1.165, 1.54) is 0 Å². The monoisotopic (exact) mass is 349 g/mol. The molecule has 1 aliphatic heterocycles. The van der Waals surface area contributed by atoms with Crippen molar-refractivity contribution in [3.8, 4) is 0 Å². The van der Waals surface area contributed by atoms with E-state index in [4.69, 9.17) is 4.52 Å². The zero-order valence-corrected chi connectivity index (χ0v) is 15.0. The molecule has 1 aromatic heterocycles. The van der Waals surface area contributed by atoms with Crippen LogP contribution in [0.3, 0.4) is 0 Å². The first kappa shape index (κ1) is 17.7. The molecule has 2 heterocycles. The topological polar surface area (TPSA) is 100 Å². The van der Waals surface area contributed by atoms with Gasteiger partial charge < -0.3 is 20.1 Å². The van der Waals surface area contributed by atoms with Gasteiger partial charge in [0, 0.05) is 38.0 Å². The van der Waals surface area contributed by atoms with Crippen molar-refractivity contribution in [2.75, 3.05) is 20.1 Å². The molecule has 1 saturated heterocycles. The standard InChI is InChI=1S/C17H27N5O3/c1-11-19-16(25-21-11)13-7-9-22(10-8-13)17(24)20-14-5-3-12(4-6-14)15(23)18-2/h12-14H,3-10H2,1-2H3,(H,18,23)(H,20,24). The van der Waals surface area contributed by atoms with Crippen molar-refractivity contribution in [3.05, 3.63) is 11.7 Å². The molecule has 0 bridgehead atoms. The number of carbonyl (C=O) groups is 2. The van der Waals surface area contributed by atoms with Crippen LogP contribution < -0.4 is 10.6 Å². The van der Waals surface area contributed by atoms with Gasteiger partial charge in [-0.05, 0) is 45.4 Å². The Balaban J connectivity index is 1.42.